The highest BCUT2D eigenvalue weighted by Gasteiger charge is 2.18. The Morgan fingerprint density at radius 1 is 1.28 bits per heavy atom. The molecule has 1 aliphatic rings. The number of amides is 1. The van der Waals surface area contributed by atoms with Crippen molar-refractivity contribution < 1.29 is 18.7 Å². The number of para-hydroxylation sites is 1. The van der Waals surface area contributed by atoms with Crippen LogP contribution in [0.2, 0.25) is 0 Å². The van der Waals surface area contributed by atoms with Crippen molar-refractivity contribution in [2.45, 2.75) is 51.5 Å². The topological polar surface area (TPSA) is 68.5 Å². The Morgan fingerprint density at radius 3 is 2.80 bits per heavy atom. The highest BCUT2D eigenvalue weighted by atomic mass is 16.5. The van der Waals surface area contributed by atoms with Gasteiger partial charge in [-0.15, -0.1) is 0 Å². The molecule has 3 rings (SSSR count). The van der Waals surface area contributed by atoms with Crippen LogP contribution in [0.3, 0.4) is 0 Å². The van der Waals surface area contributed by atoms with Crippen LogP contribution in [0.15, 0.2) is 34.7 Å². The van der Waals surface area contributed by atoms with Gasteiger partial charge < -0.3 is 14.5 Å². The summed E-state index contributed by atoms with van der Waals surface area (Å²) >= 11 is 0. The quantitative estimate of drug-likeness (QED) is 0.768. The predicted octanol–water partition coefficient (Wildman–Crippen LogP) is 4.12. The summed E-state index contributed by atoms with van der Waals surface area (Å²) in [5, 5.41) is 3.80. The number of nitrogens with one attached hydrogen (secondary N) is 1. The number of carbonyl (C=O) groups is 2. The van der Waals surface area contributed by atoms with E-state index in [1.165, 1.54) is 25.7 Å². The Morgan fingerprint density at radius 2 is 2.04 bits per heavy atom. The van der Waals surface area contributed by atoms with Gasteiger partial charge in [-0.05, 0) is 31.4 Å². The van der Waals surface area contributed by atoms with Gasteiger partial charge in [0, 0.05) is 11.8 Å². The van der Waals surface area contributed by atoms with Gasteiger partial charge in [0.25, 0.3) is 5.91 Å². The highest BCUT2D eigenvalue weighted by molar-refractivity contribution is 5.81. The fraction of sp³-hybridized carbons (Fsp3) is 0.500. The third-order valence-electron chi connectivity index (χ3n) is 4.84. The normalized spacial score (nSPS) is 16.0. The van der Waals surface area contributed by atoms with Gasteiger partial charge in [0.05, 0.1) is 6.04 Å². The lowest BCUT2D eigenvalue weighted by Gasteiger charge is -2.12. The van der Waals surface area contributed by atoms with E-state index < -0.39 is 0 Å². The van der Waals surface area contributed by atoms with Gasteiger partial charge in [0.2, 0.25) is 0 Å². The van der Waals surface area contributed by atoms with Gasteiger partial charge in [0.15, 0.2) is 6.61 Å². The lowest BCUT2D eigenvalue weighted by molar-refractivity contribution is -0.149. The van der Waals surface area contributed by atoms with E-state index in [1.807, 2.05) is 37.3 Å². The summed E-state index contributed by atoms with van der Waals surface area (Å²) in [6, 6.07) is 9.33. The maximum absolute atomic E-state index is 12.0. The third kappa shape index (κ3) is 4.84. The predicted molar refractivity (Wildman–Crippen MR) is 94.9 cm³/mol. The molecular formula is C20H25NO4. The maximum Gasteiger partial charge on any atom is 0.306 e. The standard InChI is InChI=1S/C20H25NO4/c1-14(18-12-16-8-4-5-9-17(16)25-18)21-19(22)13-24-20(23)11-10-15-6-2-3-7-15/h4-5,8-9,12,14-15H,2-3,6-7,10-11,13H2,1H3,(H,21,22)/t14-/m1/s1. The van der Waals surface area contributed by atoms with E-state index in [-0.39, 0.29) is 24.5 Å². The number of hydrogen-bond acceptors (Lipinski definition) is 4. The zero-order chi connectivity index (χ0) is 17.6. The van der Waals surface area contributed by atoms with Crippen LogP contribution < -0.4 is 5.32 Å². The molecule has 1 aromatic heterocycles. The van der Waals surface area contributed by atoms with Crippen LogP contribution in [0.25, 0.3) is 11.0 Å². The van der Waals surface area contributed by atoms with Crippen molar-refractivity contribution >= 4 is 22.8 Å². The smallest absolute Gasteiger partial charge is 0.306 e. The van der Waals surface area contributed by atoms with Crippen molar-refractivity contribution in [1.29, 1.82) is 0 Å². The summed E-state index contributed by atoms with van der Waals surface area (Å²) in [4.78, 5) is 23.7. The number of rotatable bonds is 7. The number of esters is 1. The minimum absolute atomic E-state index is 0.242. The molecule has 1 heterocycles. The zero-order valence-electron chi connectivity index (χ0n) is 14.6. The second-order valence-corrected chi connectivity index (χ2v) is 6.83. The molecule has 1 atom stereocenters. The van der Waals surface area contributed by atoms with Crippen LogP contribution in [0.4, 0.5) is 0 Å². The molecule has 0 aliphatic heterocycles. The molecule has 1 aromatic carbocycles. The number of hydrogen-bond donors (Lipinski definition) is 1. The fourth-order valence-corrected chi connectivity index (χ4v) is 3.41. The first-order chi connectivity index (χ1) is 12.1. The molecule has 134 valence electrons. The molecule has 1 saturated carbocycles. The zero-order valence-corrected chi connectivity index (χ0v) is 14.6. The lowest BCUT2D eigenvalue weighted by Crippen LogP contribution is -2.31. The maximum atomic E-state index is 12.0. The monoisotopic (exact) mass is 343 g/mol. The molecular weight excluding hydrogens is 318 g/mol. The van der Waals surface area contributed by atoms with Crippen molar-refractivity contribution in [1.82, 2.24) is 5.32 Å². The van der Waals surface area contributed by atoms with E-state index in [4.69, 9.17) is 9.15 Å². The Bertz CT molecular complexity index is 697. The lowest BCUT2D eigenvalue weighted by atomic mass is 10.0. The second-order valence-electron chi connectivity index (χ2n) is 6.83. The summed E-state index contributed by atoms with van der Waals surface area (Å²) in [7, 11) is 0. The number of carbonyl (C=O) groups excluding carboxylic acids is 2. The van der Waals surface area contributed by atoms with Crippen LogP contribution >= 0.6 is 0 Å². The average molecular weight is 343 g/mol. The van der Waals surface area contributed by atoms with Crippen molar-refractivity contribution in [2.24, 2.45) is 5.92 Å². The van der Waals surface area contributed by atoms with Gasteiger partial charge in [-0.25, -0.2) is 0 Å². The Kier molecular flexibility index (Phi) is 5.74. The Balaban J connectivity index is 1.41. The molecule has 2 aromatic rings. The molecule has 0 spiro atoms. The van der Waals surface area contributed by atoms with Gasteiger partial charge >= 0.3 is 5.97 Å². The first-order valence-corrected chi connectivity index (χ1v) is 9.05. The molecule has 1 aliphatic carbocycles. The molecule has 1 N–H and O–H groups in total. The van der Waals surface area contributed by atoms with Crippen LogP contribution in [0, 0.1) is 5.92 Å². The van der Waals surface area contributed by atoms with E-state index in [9.17, 15) is 9.59 Å². The Hall–Kier alpha value is -2.30. The van der Waals surface area contributed by atoms with Crippen LogP contribution in [0.5, 0.6) is 0 Å². The molecule has 1 fully saturated rings. The number of ether oxygens (including phenoxy) is 1. The molecule has 0 bridgehead atoms. The summed E-state index contributed by atoms with van der Waals surface area (Å²) in [5.41, 5.74) is 0.789. The van der Waals surface area contributed by atoms with Gasteiger partial charge in [0.1, 0.15) is 11.3 Å². The van der Waals surface area contributed by atoms with Crippen LogP contribution in [0.1, 0.15) is 57.3 Å². The van der Waals surface area contributed by atoms with Crippen molar-refractivity contribution in [3.8, 4) is 0 Å². The second kappa shape index (κ2) is 8.19. The average Bonchev–Trinajstić information content (AvgIpc) is 3.27. The van der Waals surface area contributed by atoms with Crippen molar-refractivity contribution in [3.63, 3.8) is 0 Å². The molecule has 0 radical (unpaired) electrons. The minimum atomic E-state index is -0.317. The summed E-state index contributed by atoms with van der Waals surface area (Å²) < 4.78 is 10.8. The molecule has 0 unspecified atom stereocenters. The van der Waals surface area contributed by atoms with E-state index in [0.29, 0.717) is 18.1 Å². The van der Waals surface area contributed by atoms with Gasteiger partial charge in [-0.1, -0.05) is 43.9 Å². The molecule has 1 amide bonds. The summed E-state index contributed by atoms with van der Waals surface area (Å²) in [6.45, 7) is 1.60. The minimum Gasteiger partial charge on any atom is -0.459 e. The molecule has 5 nitrogen and oxygen atoms in total. The SMILES string of the molecule is C[C@@H](NC(=O)COC(=O)CCC1CCCC1)c1cc2ccccc2o1. The molecule has 0 saturated heterocycles. The number of fused-ring (bicyclic) bond motifs is 1. The first kappa shape index (κ1) is 17.5. The largest absolute Gasteiger partial charge is 0.459 e. The van der Waals surface area contributed by atoms with E-state index in [0.717, 1.165) is 17.4 Å². The van der Waals surface area contributed by atoms with Crippen molar-refractivity contribution in [3.05, 3.63) is 36.1 Å². The Labute approximate surface area is 147 Å². The van der Waals surface area contributed by atoms with E-state index in [2.05, 4.69) is 5.32 Å². The van der Waals surface area contributed by atoms with Gasteiger partial charge in [-0.2, -0.15) is 0 Å². The molecule has 25 heavy (non-hydrogen) atoms. The fourth-order valence-electron chi connectivity index (χ4n) is 3.41. The van der Waals surface area contributed by atoms with Gasteiger partial charge in [-0.3, -0.25) is 9.59 Å². The van der Waals surface area contributed by atoms with E-state index in [1.54, 1.807) is 0 Å². The van der Waals surface area contributed by atoms with Crippen LogP contribution in [-0.2, 0) is 14.3 Å². The number of furan rings is 1. The highest BCUT2D eigenvalue weighted by Crippen LogP contribution is 2.28. The first-order valence-electron chi connectivity index (χ1n) is 9.05. The number of benzene rings is 1. The summed E-state index contributed by atoms with van der Waals surface area (Å²) in [5.74, 6) is 0.720. The summed E-state index contributed by atoms with van der Waals surface area (Å²) in [6.07, 6.45) is 6.22. The third-order valence-corrected chi connectivity index (χ3v) is 4.84. The molecule has 5 heteroatoms. The van der Waals surface area contributed by atoms with E-state index >= 15 is 0 Å². The van der Waals surface area contributed by atoms with Crippen LogP contribution in [-0.4, -0.2) is 18.5 Å². The van der Waals surface area contributed by atoms with Crippen molar-refractivity contribution in [2.75, 3.05) is 6.61 Å².